The highest BCUT2D eigenvalue weighted by molar-refractivity contribution is 14.1. The minimum absolute atomic E-state index is 0.243. The molecule has 17 heavy (non-hydrogen) atoms. The molecule has 0 saturated heterocycles. The quantitative estimate of drug-likeness (QED) is 0.469. The van der Waals surface area contributed by atoms with Gasteiger partial charge in [0.2, 0.25) is 0 Å². The Bertz CT molecular complexity index is 436. The van der Waals surface area contributed by atoms with Crippen molar-refractivity contribution in [3.63, 3.8) is 0 Å². The van der Waals surface area contributed by atoms with Crippen LogP contribution in [0, 0.1) is 11.5 Å². The molecule has 0 atom stereocenters. The zero-order valence-electron chi connectivity index (χ0n) is 9.40. The van der Waals surface area contributed by atoms with E-state index in [4.69, 9.17) is 5.26 Å². The number of hydrogen-bond acceptors (Lipinski definition) is 2. The molecule has 1 amide bonds. The molecule has 1 rings (SSSR count). The molecule has 0 aromatic heterocycles. The Labute approximate surface area is 115 Å². The van der Waals surface area contributed by atoms with Gasteiger partial charge >= 0.3 is 0 Å². The molecule has 88 valence electrons. The van der Waals surface area contributed by atoms with E-state index in [0.717, 1.165) is 16.4 Å². The van der Waals surface area contributed by atoms with E-state index in [1.807, 2.05) is 12.3 Å². The molecule has 1 aromatic carbocycles. The van der Waals surface area contributed by atoms with Crippen molar-refractivity contribution in [2.45, 2.75) is 12.8 Å². The van der Waals surface area contributed by atoms with Crippen molar-refractivity contribution in [2.24, 2.45) is 0 Å². The number of hydrogen-bond donors (Lipinski definition) is 0. The van der Waals surface area contributed by atoms with Crippen molar-refractivity contribution < 1.29 is 4.79 Å². The lowest BCUT2D eigenvalue weighted by atomic mass is 10.2. The molecule has 0 spiro atoms. The number of rotatable bonds is 5. The third kappa shape index (κ3) is 4.57. The fourth-order valence-electron chi connectivity index (χ4n) is 1.36. The smallest absolute Gasteiger partial charge is 0.266 e. The number of amides is 1. The molecule has 0 N–H and O–H groups in total. The molecule has 0 aliphatic carbocycles. The lowest BCUT2D eigenvalue weighted by Crippen LogP contribution is -2.27. The van der Waals surface area contributed by atoms with Gasteiger partial charge < -0.3 is 0 Å². The standard InChI is InChI=1S/C13H13IN2O/c1-11(14)6-5-9-16(10-15)13(17)12-7-3-2-4-8-12/h2-4,7-8H,1,5-6,9H2. The Morgan fingerprint density at radius 1 is 1.41 bits per heavy atom. The summed E-state index contributed by atoms with van der Waals surface area (Å²) in [4.78, 5) is 13.1. The zero-order chi connectivity index (χ0) is 12.7. The van der Waals surface area contributed by atoms with Gasteiger partial charge in [-0.15, -0.1) is 0 Å². The van der Waals surface area contributed by atoms with Crippen LogP contribution in [0.15, 0.2) is 40.5 Å². The van der Waals surface area contributed by atoms with E-state index in [-0.39, 0.29) is 5.91 Å². The van der Waals surface area contributed by atoms with Crippen LogP contribution in [0.1, 0.15) is 23.2 Å². The molecular formula is C13H13IN2O. The fraction of sp³-hybridized carbons (Fsp3) is 0.231. The molecule has 0 heterocycles. The molecule has 0 bridgehead atoms. The van der Waals surface area contributed by atoms with Crippen LogP contribution in [0.25, 0.3) is 0 Å². The number of allylic oxidation sites excluding steroid dienone is 1. The van der Waals surface area contributed by atoms with Crippen LogP contribution in [0.2, 0.25) is 0 Å². The third-order valence-electron chi connectivity index (χ3n) is 2.22. The fourth-order valence-corrected chi connectivity index (χ4v) is 1.74. The van der Waals surface area contributed by atoms with Gasteiger partial charge in [0.1, 0.15) is 0 Å². The van der Waals surface area contributed by atoms with Gasteiger partial charge in [-0.1, -0.05) is 24.8 Å². The summed E-state index contributed by atoms with van der Waals surface area (Å²) < 4.78 is 1.03. The third-order valence-corrected chi connectivity index (χ3v) is 2.76. The van der Waals surface area contributed by atoms with E-state index in [9.17, 15) is 4.79 Å². The van der Waals surface area contributed by atoms with E-state index >= 15 is 0 Å². The van der Waals surface area contributed by atoms with Crippen LogP contribution >= 0.6 is 22.6 Å². The summed E-state index contributed by atoms with van der Waals surface area (Å²) in [5.41, 5.74) is 0.544. The first-order valence-electron chi connectivity index (χ1n) is 5.25. The summed E-state index contributed by atoms with van der Waals surface area (Å²) in [5, 5.41) is 8.95. The van der Waals surface area contributed by atoms with Gasteiger partial charge in [-0.25, -0.2) is 4.90 Å². The number of carbonyl (C=O) groups excluding carboxylic acids is 1. The molecule has 1 aromatic rings. The van der Waals surface area contributed by atoms with Gasteiger partial charge in [0, 0.05) is 12.1 Å². The van der Waals surface area contributed by atoms with Gasteiger partial charge in [0.05, 0.1) is 0 Å². The average molecular weight is 340 g/mol. The molecule has 0 fully saturated rings. The maximum atomic E-state index is 11.9. The Kier molecular flexibility index (Phi) is 5.70. The summed E-state index contributed by atoms with van der Waals surface area (Å²) in [6, 6.07) is 8.84. The second-order valence-electron chi connectivity index (χ2n) is 3.54. The highest BCUT2D eigenvalue weighted by Gasteiger charge is 2.14. The normalized spacial score (nSPS) is 9.41. The zero-order valence-corrected chi connectivity index (χ0v) is 11.6. The largest absolute Gasteiger partial charge is 0.268 e. The molecule has 0 saturated carbocycles. The number of halogens is 1. The van der Waals surface area contributed by atoms with Gasteiger partial charge in [0.25, 0.3) is 5.91 Å². The van der Waals surface area contributed by atoms with E-state index in [2.05, 4.69) is 29.2 Å². The Hall–Kier alpha value is -1.35. The maximum absolute atomic E-state index is 11.9. The summed E-state index contributed by atoms with van der Waals surface area (Å²) in [5.74, 6) is -0.243. The Morgan fingerprint density at radius 3 is 2.59 bits per heavy atom. The predicted octanol–water partition coefficient (Wildman–Crippen LogP) is 3.34. The summed E-state index contributed by atoms with van der Waals surface area (Å²) in [6.07, 6.45) is 3.50. The minimum Gasteiger partial charge on any atom is -0.268 e. The highest BCUT2D eigenvalue weighted by Crippen LogP contribution is 2.11. The van der Waals surface area contributed by atoms with Crippen molar-refractivity contribution in [2.75, 3.05) is 6.54 Å². The first-order chi connectivity index (χ1) is 8.15. The van der Waals surface area contributed by atoms with Crippen LogP contribution in [0.3, 0.4) is 0 Å². The number of benzene rings is 1. The molecule has 0 radical (unpaired) electrons. The van der Waals surface area contributed by atoms with Gasteiger partial charge in [-0.2, -0.15) is 5.26 Å². The summed E-state index contributed by atoms with van der Waals surface area (Å²) >= 11 is 2.15. The monoisotopic (exact) mass is 340 g/mol. The van der Waals surface area contributed by atoms with Crippen molar-refractivity contribution in [1.82, 2.24) is 4.90 Å². The SMILES string of the molecule is C=C(I)CCCN(C#N)C(=O)c1ccccc1. The highest BCUT2D eigenvalue weighted by atomic mass is 127. The average Bonchev–Trinajstić information content (AvgIpc) is 2.34. The lowest BCUT2D eigenvalue weighted by molar-refractivity contribution is 0.0831. The molecule has 0 aliphatic heterocycles. The van der Waals surface area contributed by atoms with Gasteiger partial charge in [0.15, 0.2) is 6.19 Å². The van der Waals surface area contributed by atoms with Crippen LogP contribution in [0.5, 0.6) is 0 Å². The molecule has 0 aliphatic rings. The van der Waals surface area contributed by atoms with E-state index in [1.165, 1.54) is 4.90 Å². The minimum atomic E-state index is -0.243. The maximum Gasteiger partial charge on any atom is 0.266 e. The first-order valence-corrected chi connectivity index (χ1v) is 6.33. The predicted molar refractivity (Wildman–Crippen MR) is 75.5 cm³/mol. The van der Waals surface area contributed by atoms with Crippen LogP contribution in [-0.2, 0) is 0 Å². The Morgan fingerprint density at radius 2 is 2.06 bits per heavy atom. The van der Waals surface area contributed by atoms with Gasteiger partial charge in [-0.3, -0.25) is 4.79 Å². The summed E-state index contributed by atoms with van der Waals surface area (Å²) in [6.45, 7) is 4.22. The second-order valence-corrected chi connectivity index (χ2v) is 5.07. The second kappa shape index (κ2) is 7.07. The molecule has 4 heteroatoms. The molecule has 3 nitrogen and oxygen atoms in total. The van der Waals surface area contributed by atoms with Crippen LogP contribution in [-0.4, -0.2) is 17.4 Å². The van der Waals surface area contributed by atoms with Crippen molar-refractivity contribution in [3.05, 3.63) is 46.1 Å². The van der Waals surface area contributed by atoms with E-state index in [0.29, 0.717) is 12.1 Å². The molecular weight excluding hydrogens is 327 g/mol. The summed E-state index contributed by atoms with van der Waals surface area (Å²) in [7, 11) is 0. The van der Waals surface area contributed by atoms with E-state index < -0.39 is 0 Å². The van der Waals surface area contributed by atoms with Crippen LogP contribution in [0.4, 0.5) is 0 Å². The van der Waals surface area contributed by atoms with E-state index in [1.54, 1.807) is 24.3 Å². The number of nitrogens with zero attached hydrogens (tertiary/aromatic N) is 2. The molecule has 0 unspecified atom stereocenters. The van der Waals surface area contributed by atoms with Crippen LogP contribution < -0.4 is 0 Å². The van der Waals surface area contributed by atoms with Crippen molar-refractivity contribution in [1.29, 1.82) is 5.26 Å². The van der Waals surface area contributed by atoms with Crippen molar-refractivity contribution in [3.8, 4) is 6.19 Å². The van der Waals surface area contributed by atoms with Crippen molar-refractivity contribution >= 4 is 28.5 Å². The topological polar surface area (TPSA) is 44.1 Å². The lowest BCUT2D eigenvalue weighted by Gasteiger charge is -2.13. The number of nitriles is 1. The first kappa shape index (κ1) is 13.7. The van der Waals surface area contributed by atoms with Gasteiger partial charge in [-0.05, 0) is 51.1 Å². The Balaban J connectivity index is 2.60. The number of carbonyl (C=O) groups is 1.